The monoisotopic (exact) mass is 1040 g/mol. The maximum atomic E-state index is 14.6. The molecular weight excluding hydrogens is 981 g/mol. The summed E-state index contributed by atoms with van der Waals surface area (Å²) in [5.41, 5.74) is 18.2. The number of benzene rings is 3. The number of hydrogen-bond donors (Lipinski definition) is 14. The van der Waals surface area contributed by atoms with Crippen LogP contribution in [0.5, 0.6) is 0 Å². The van der Waals surface area contributed by atoms with E-state index in [1.54, 1.807) is 36.4 Å². The van der Waals surface area contributed by atoms with Crippen molar-refractivity contribution in [2.45, 2.75) is 101 Å². The number of nitrogens with zero attached hydrogens (tertiary/aromatic N) is 2. The standard InChI is InChI=1S/C48H64N14O9S2/c1-26(56-47(71)39(24-73)57-28(3)63)41(65)59-37(21-33-22-52-25-54-33)46(70)61-35(19-29-10-5-4-6-11-29)45(69)58-34(14-9-17-53-48(50)51)43(67)60-36(20-30-15-16-31-12-7-8-13-32(31)18-30)44(68)55-27(2)42(66)62-38(23-72)40(49)64/h4-8,10-13,15-16,18,22,25-27,34-39,72-73H,9,14,17,19-21,23-24H2,1-3H3,(H2,49,64)(H,52,54)(H,55,68)(H,56,71)(H,57,63)(H,58,69)(H,59,65)(H,60,67)(H,61,70)(H,62,66)(H4,50,51,53)/t26-,27+,34+,35-,36+,37+,38+,39+/m1/s1. The zero-order chi connectivity index (χ0) is 53.6. The first-order chi connectivity index (χ1) is 34.8. The number of primary amides is 1. The van der Waals surface area contributed by atoms with Crippen molar-refractivity contribution in [1.29, 1.82) is 0 Å². The van der Waals surface area contributed by atoms with E-state index >= 15 is 0 Å². The van der Waals surface area contributed by atoms with Crippen LogP contribution in [0.15, 0.2) is 90.3 Å². The Bertz CT molecular complexity index is 2580. The number of H-pyrrole nitrogens is 1. The zero-order valence-corrected chi connectivity index (χ0v) is 42.3. The Kier molecular flexibility index (Phi) is 23.0. The number of aliphatic imine (C=N–C) groups is 1. The molecule has 23 nitrogen and oxygen atoms in total. The molecule has 0 saturated carbocycles. The van der Waals surface area contributed by atoms with Crippen molar-refractivity contribution in [1.82, 2.24) is 52.5 Å². The number of imidazole rings is 1. The van der Waals surface area contributed by atoms with Crippen molar-refractivity contribution in [3.63, 3.8) is 0 Å². The van der Waals surface area contributed by atoms with Crippen molar-refractivity contribution in [3.8, 4) is 0 Å². The number of nitrogens with one attached hydrogen (secondary N) is 9. The molecule has 0 bridgehead atoms. The van der Waals surface area contributed by atoms with Crippen LogP contribution in [0, 0.1) is 0 Å². The number of aromatic nitrogens is 2. The van der Waals surface area contributed by atoms with Crippen LogP contribution < -0.4 is 59.7 Å². The minimum Gasteiger partial charge on any atom is -0.370 e. The summed E-state index contributed by atoms with van der Waals surface area (Å²) in [5, 5.41) is 22.6. The zero-order valence-electron chi connectivity index (χ0n) is 40.6. The van der Waals surface area contributed by atoms with Gasteiger partial charge in [-0.2, -0.15) is 25.3 Å². The summed E-state index contributed by atoms with van der Waals surface area (Å²) in [6, 6.07) is 11.6. The first-order valence-electron chi connectivity index (χ1n) is 23.2. The summed E-state index contributed by atoms with van der Waals surface area (Å²) >= 11 is 8.17. The van der Waals surface area contributed by atoms with E-state index in [1.165, 1.54) is 33.3 Å². The summed E-state index contributed by atoms with van der Waals surface area (Å²) in [7, 11) is 0. The van der Waals surface area contributed by atoms with Crippen molar-refractivity contribution in [2.75, 3.05) is 18.1 Å². The molecule has 0 unspecified atom stereocenters. The summed E-state index contributed by atoms with van der Waals surface area (Å²) in [5.74, 6) is -7.14. The van der Waals surface area contributed by atoms with E-state index in [-0.39, 0.29) is 56.1 Å². The first-order valence-corrected chi connectivity index (χ1v) is 24.5. The summed E-state index contributed by atoms with van der Waals surface area (Å²) in [4.78, 5) is 132. The van der Waals surface area contributed by atoms with E-state index in [1.807, 2.05) is 36.4 Å². The van der Waals surface area contributed by atoms with Crippen LogP contribution in [-0.2, 0) is 62.4 Å². The number of aromatic amines is 1. The summed E-state index contributed by atoms with van der Waals surface area (Å²) < 4.78 is 0. The normalized spacial score (nSPS) is 14.2. The largest absolute Gasteiger partial charge is 0.370 e. The van der Waals surface area contributed by atoms with Crippen molar-refractivity contribution < 1.29 is 43.2 Å². The second-order valence-electron chi connectivity index (χ2n) is 17.1. The minimum absolute atomic E-state index is 0.0504. The van der Waals surface area contributed by atoms with E-state index in [9.17, 15) is 43.2 Å². The van der Waals surface area contributed by atoms with E-state index in [2.05, 4.69) is 82.8 Å². The highest BCUT2D eigenvalue weighted by Gasteiger charge is 2.34. The lowest BCUT2D eigenvalue weighted by Gasteiger charge is -2.27. The number of guanidine groups is 1. The smallest absolute Gasteiger partial charge is 0.244 e. The molecular formula is C48H64N14O9S2. The van der Waals surface area contributed by atoms with Gasteiger partial charge in [0, 0.05) is 56.1 Å². The highest BCUT2D eigenvalue weighted by Crippen LogP contribution is 2.17. The van der Waals surface area contributed by atoms with Gasteiger partial charge in [0.15, 0.2) is 5.96 Å². The molecule has 0 fully saturated rings. The molecule has 392 valence electrons. The molecule has 0 radical (unpaired) electrons. The number of carbonyl (C=O) groups is 9. The number of carbonyl (C=O) groups excluding carboxylic acids is 9. The fraction of sp³-hybridized carbons (Fsp3) is 0.396. The average molecular weight is 1050 g/mol. The van der Waals surface area contributed by atoms with Gasteiger partial charge in [0.2, 0.25) is 53.2 Å². The first kappa shape index (κ1) is 57.9. The van der Waals surface area contributed by atoms with E-state index in [0.717, 1.165) is 10.8 Å². The molecule has 0 aliphatic heterocycles. The molecule has 0 spiro atoms. The van der Waals surface area contributed by atoms with E-state index < -0.39 is 101 Å². The molecule has 1 heterocycles. The van der Waals surface area contributed by atoms with Crippen LogP contribution in [-0.4, -0.2) is 135 Å². The second kappa shape index (κ2) is 29.0. The molecule has 1 aromatic heterocycles. The highest BCUT2D eigenvalue weighted by atomic mass is 32.1. The number of amides is 9. The molecule has 9 amide bonds. The molecule has 4 aromatic rings. The van der Waals surface area contributed by atoms with Gasteiger partial charge in [-0.05, 0) is 48.6 Å². The fourth-order valence-corrected chi connectivity index (χ4v) is 7.81. The molecule has 25 heteroatoms. The van der Waals surface area contributed by atoms with Gasteiger partial charge in [0.1, 0.15) is 48.3 Å². The highest BCUT2D eigenvalue weighted by molar-refractivity contribution is 7.80. The van der Waals surface area contributed by atoms with Gasteiger partial charge >= 0.3 is 0 Å². The lowest BCUT2D eigenvalue weighted by atomic mass is 10.00. The van der Waals surface area contributed by atoms with E-state index in [0.29, 0.717) is 16.8 Å². The molecule has 3 aromatic carbocycles. The Morgan fingerprint density at radius 2 is 1.05 bits per heavy atom. The van der Waals surface area contributed by atoms with Crippen LogP contribution in [0.25, 0.3) is 10.8 Å². The van der Waals surface area contributed by atoms with Crippen LogP contribution in [0.1, 0.15) is 50.4 Å². The number of rotatable bonds is 28. The van der Waals surface area contributed by atoms with Gasteiger partial charge in [-0.3, -0.25) is 48.1 Å². The lowest BCUT2D eigenvalue weighted by Crippen LogP contribution is -2.60. The summed E-state index contributed by atoms with van der Waals surface area (Å²) in [6.45, 7) is 4.04. The number of fused-ring (bicyclic) bond motifs is 1. The molecule has 0 aliphatic carbocycles. The third-order valence-corrected chi connectivity index (χ3v) is 11.9. The third-order valence-electron chi connectivity index (χ3n) is 11.2. The van der Waals surface area contributed by atoms with Gasteiger partial charge in [0.05, 0.1) is 6.33 Å². The number of nitrogens with two attached hydrogens (primary N) is 3. The van der Waals surface area contributed by atoms with Crippen LogP contribution in [0.2, 0.25) is 0 Å². The van der Waals surface area contributed by atoms with Crippen LogP contribution >= 0.6 is 25.3 Å². The van der Waals surface area contributed by atoms with Crippen LogP contribution in [0.3, 0.4) is 0 Å². The SMILES string of the molecule is CC(=O)N[C@@H](CS)C(=O)N[C@H](C)C(=O)N[C@@H](Cc1cnc[nH]1)C(=O)N[C@H](Cc1ccccc1)C(=O)N[C@@H](CCCN=C(N)N)C(=O)N[C@@H](Cc1ccc2ccccc2c1)C(=O)N[C@@H](C)C(=O)N[C@@H](CS)C(N)=O. The van der Waals surface area contributed by atoms with Crippen LogP contribution in [0.4, 0.5) is 0 Å². The van der Waals surface area contributed by atoms with Gasteiger partial charge in [-0.25, -0.2) is 4.98 Å². The minimum atomic E-state index is -1.38. The number of hydrogen-bond acceptors (Lipinski definition) is 13. The van der Waals surface area contributed by atoms with Crippen molar-refractivity contribution in [2.24, 2.45) is 22.2 Å². The van der Waals surface area contributed by atoms with Gasteiger partial charge in [-0.1, -0.05) is 72.8 Å². The molecule has 0 aliphatic rings. The average Bonchev–Trinajstić information content (AvgIpc) is 3.88. The van der Waals surface area contributed by atoms with Crippen molar-refractivity contribution >= 4 is 95.2 Å². The predicted molar refractivity (Wildman–Crippen MR) is 279 cm³/mol. The maximum absolute atomic E-state index is 14.6. The summed E-state index contributed by atoms with van der Waals surface area (Å²) in [6.07, 6.45) is 2.59. The second-order valence-corrected chi connectivity index (χ2v) is 17.8. The Balaban J connectivity index is 1.65. The Morgan fingerprint density at radius 3 is 1.60 bits per heavy atom. The predicted octanol–water partition coefficient (Wildman–Crippen LogP) is -2.07. The topological polar surface area (TPSA) is 369 Å². The lowest BCUT2D eigenvalue weighted by molar-refractivity contribution is -0.135. The number of thiol groups is 2. The molecule has 73 heavy (non-hydrogen) atoms. The van der Waals surface area contributed by atoms with Crippen molar-refractivity contribution in [3.05, 3.63) is 102 Å². The molecule has 15 N–H and O–H groups in total. The maximum Gasteiger partial charge on any atom is 0.244 e. The molecule has 4 rings (SSSR count). The molecule has 8 atom stereocenters. The quantitative estimate of drug-likeness (QED) is 0.0126. The molecule has 0 saturated heterocycles. The van der Waals surface area contributed by atoms with Gasteiger partial charge < -0.3 is 64.7 Å². The Labute approximate surface area is 432 Å². The third kappa shape index (κ3) is 19.1. The van der Waals surface area contributed by atoms with Gasteiger partial charge in [-0.15, -0.1) is 0 Å². The van der Waals surface area contributed by atoms with Gasteiger partial charge in [0.25, 0.3) is 0 Å². The van der Waals surface area contributed by atoms with E-state index in [4.69, 9.17) is 17.2 Å². The Morgan fingerprint density at radius 1 is 0.562 bits per heavy atom. The Hall–Kier alpha value is -7.67. The fourth-order valence-electron chi connectivity index (χ4n) is 7.28.